The average molecular weight is 254 g/mol. The molecule has 0 radical (unpaired) electrons. The van der Waals surface area contributed by atoms with Crippen LogP contribution in [0.5, 0.6) is 0 Å². The maximum absolute atomic E-state index is 5.77. The first-order valence-corrected chi connectivity index (χ1v) is 6.68. The quantitative estimate of drug-likeness (QED) is 0.865. The maximum Gasteiger partial charge on any atom is 0.132 e. The third-order valence-electron chi connectivity index (χ3n) is 3.55. The summed E-state index contributed by atoms with van der Waals surface area (Å²) in [5.74, 6) is 2.03. The molecule has 1 aliphatic rings. The van der Waals surface area contributed by atoms with E-state index in [9.17, 15) is 0 Å². The van der Waals surface area contributed by atoms with E-state index in [1.54, 1.807) is 6.07 Å². The van der Waals surface area contributed by atoms with Gasteiger partial charge in [-0.05, 0) is 37.3 Å². The van der Waals surface area contributed by atoms with Crippen molar-refractivity contribution in [3.63, 3.8) is 0 Å². The van der Waals surface area contributed by atoms with E-state index in [2.05, 4.69) is 39.6 Å². The van der Waals surface area contributed by atoms with Gasteiger partial charge in [0.2, 0.25) is 0 Å². The number of aryl methyl sites for hydroxylation is 2. The maximum atomic E-state index is 5.77. The number of nitrogens with one attached hydrogen (secondary N) is 1. The summed E-state index contributed by atoms with van der Waals surface area (Å²) in [7, 11) is 0. The Bertz CT molecular complexity index is 574. The van der Waals surface area contributed by atoms with Gasteiger partial charge in [0.15, 0.2) is 0 Å². The molecule has 19 heavy (non-hydrogen) atoms. The van der Waals surface area contributed by atoms with Gasteiger partial charge in [0.25, 0.3) is 0 Å². The highest BCUT2D eigenvalue weighted by Crippen LogP contribution is 2.32. The van der Waals surface area contributed by atoms with Crippen LogP contribution in [0.3, 0.4) is 0 Å². The summed E-state index contributed by atoms with van der Waals surface area (Å²) in [5, 5.41) is 3.49. The number of anilines is 2. The van der Waals surface area contributed by atoms with Crippen molar-refractivity contribution in [1.82, 2.24) is 9.97 Å². The summed E-state index contributed by atoms with van der Waals surface area (Å²) in [6.45, 7) is 1.86. The number of nitrogens with two attached hydrogens (primary N) is 1. The first kappa shape index (κ1) is 12.0. The predicted octanol–water partition coefficient (Wildman–Crippen LogP) is 2.86. The second-order valence-electron chi connectivity index (χ2n) is 5.01. The Morgan fingerprint density at radius 2 is 2.11 bits per heavy atom. The standard InChI is InChI=1S/C15H18N4/c1-10-17-14(16)9-15(18-10)19-13-8-4-6-11-5-2-3-7-12(11)13/h2-3,5,7,9,13H,4,6,8H2,1H3,(H3,16,17,18,19). The normalized spacial score (nSPS) is 17.8. The molecule has 1 aromatic carbocycles. The molecule has 2 aromatic rings. The zero-order valence-electron chi connectivity index (χ0n) is 11.1. The van der Waals surface area contributed by atoms with Gasteiger partial charge in [-0.2, -0.15) is 0 Å². The highest BCUT2D eigenvalue weighted by Gasteiger charge is 2.19. The average Bonchev–Trinajstić information content (AvgIpc) is 2.38. The van der Waals surface area contributed by atoms with Crippen LogP contribution < -0.4 is 11.1 Å². The summed E-state index contributed by atoms with van der Waals surface area (Å²) in [4.78, 5) is 8.50. The summed E-state index contributed by atoms with van der Waals surface area (Å²) in [5.41, 5.74) is 8.58. The first-order chi connectivity index (χ1) is 9.22. The van der Waals surface area contributed by atoms with Gasteiger partial charge in [-0.15, -0.1) is 0 Å². The van der Waals surface area contributed by atoms with Crippen molar-refractivity contribution in [3.05, 3.63) is 47.3 Å². The predicted molar refractivity (Wildman–Crippen MR) is 76.9 cm³/mol. The Morgan fingerprint density at radius 3 is 2.95 bits per heavy atom. The molecule has 4 nitrogen and oxygen atoms in total. The lowest BCUT2D eigenvalue weighted by atomic mass is 9.88. The summed E-state index contributed by atoms with van der Waals surface area (Å²) in [6.07, 6.45) is 3.49. The van der Waals surface area contributed by atoms with Crippen molar-refractivity contribution in [1.29, 1.82) is 0 Å². The SMILES string of the molecule is Cc1nc(N)cc(NC2CCCc3ccccc32)n1. The van der Waals surface area contributed by atoms with E-state index >= 15 is 0 Å². The third kappa shape index (κ3) is 2.52. The van der Waals surface area contributed by atoms with Gasteiger partial charge >= 0.3 is 0 Å². The Labute approximate surface area is 113 Å². The molecule has 1 aliphatic carbocycles. The smallest absolute Gasteiger partial charge is 0.132 e. The van der Waals surface area contributed by atoms with E-state index in [4.69, 9.17) is 5.73 Å². The molecule has 0 spiro atoms. The van der Waals surface area contributed by atoms with E-state index < -0.39 is 0 Å². The fraction of sp³-hybridized carbons (Fsp3) is 0.333. The van der Waals surface area contributed by atoms with Crippen LogP contribution in [0, 0.1) is 6.92 Å². The molecule has 1 unspecified atom stereocenters. The molecule has 1 atom stereocenters. The molecule has 0 aliphatic heterocycles. The lowest BCUT2D eigenvalue weighted by Crippen LogP contribution is -2.18. The Balaban J connectivity index is 1.88. The first-order valence-electron chi connectivity index (χ1n) is 6.68. The van der Waals surface area contributed by atoms with E-state index in [1.165, 1.54) is 24.0 Å². The summed E-state index contributed by atoms with van der Waals surface area (Å²) < 4.78 is 0. The van der Waals surface area contributed by atoms with E-state index in [0.29, 0.717) is 17.7 Å². The molecule has 3 N–H and O–H groups in total. The molecule has 4 heteroatoms. The van der Waals surface area contributed by atoms with Gasteiger partial charge in [-0.3, -0.25) is 0 Å². The number of rotatable bonds is 2. The second-order valence-corrected chi connectivity index (χ2v) is 5.01. The fourth-order valence-electron chi connectivity index (χ4n) is 2.75. The topological polar surface area (TPSA) is 63.8 Å². The van der Waals surface area contributed by atoms with Crippen LogP contribution in [-0.2, 0) is 6.42 Å². The Hall–Kier alpha value is -2.10. The zero-order valence-corrected chi connectivity index (χ0v) is 11.1. The lowest BCUT2D eigenvalue weighted by Gasteiger charge is -2.26. The van der Waals surface area contributed by atoms with Crippen molar-refractivity contribution >= 4 is 11.6 Å². The minimum Gasteiger partial charge on any atom is -0.384 e. The number of aromatic nitrogens is 2. The van der Waals surface area contributed by atoms with Gasteiger partial charge in [-0.1, -0.05) is 24.3 Å². The molecule has 3 rings (SSSR count). The molecular formula is C15H18N4. The third-order valence-corrected chi connectivity index (χ3v) is 3.55. The van der Waals surface area contributed by atoms with E-state index in [-0.39, 0.29) is 0 Å². The minimum absolute atomic E-state index is 0.318. The number of benzene rings is 1. The zero-order chi connectivity index (χ0) is 13.2. The van der Waals surface area contributed by atoms with Crippen LogP contribution in [0.25, 0.3) is 0 Å². The Kier molecular flexibility index (Phi) is 3.07. The van der Waals surface area contributed by atoms with Gasteiger partial charge < -0.3 is 11.1 Å². The van der Waals surface area contributed by atoms with Gasteiger partial charge in [0.1, 0.15) is 17.5 Å². The number of nitrogen functional groups attached to an aromatic ring is 1. The van der Waals surface area contributed by atoms with Crippen LogP contribution in [0.4, 0.5) is 11.6 Å². The van der Waals surface area contributed by atoms with Crippen LogP contribution in [-0.4, -0.2) is 9.97 Å². The second kappa shape index (κ2) is 4.88. The van der Waals surface area contributed by atoms with E-state index in [1.807, 2.05) is 6.92 Å². The Morgan fingerprint density at radius 1 is 1.26 bits per heavy atom. The fourth-order valence-corrected chi connectivity index (χ4v) is 2.75. The molecule has 0 fully saturated rings. The number of nitrogens with zero attached hydrogens (tertiary/aromatic N) is 2. The molecule has 0 bridgehead atoms. The highest BCUT2D eigenvalue weighted by atomic mass is 15.1. The molecular weight excluding hydrogens is 236 g/mol. The lowest BCUT2D eigenvalue weighted by molar-refractivity contribution is 0.598. The summed E-state index contributed by atoms with van der Waals surface area (Å²) in [6, 6.07) is 10.7. The van der Waals surface area contributed by atoms with Gasteiger partial charge in [0, 0.05) is 6.07 Å². The monoisotopic (exact) mass is 254 g/mol. The molecule has 1 heterocycles. The van der Waals surface area contributed by atoms with Gasteiger partial charge in [0.05, 0.1) is 6.04 Å². The van der Waals surface area contributed by atoms with Crippen molar-refractivity contribution in [2.24, 2.45) is 0 Å². The van der Waals surface area contributed by atoms with Crippen molar-refractivity contribution in [2.45, 2.75) is 32.2 Å². The summed E-state index contributed by atoms with van der Waals surface area (Å²) >= 11 is 0. The number of fused-ring (bicyclic) bond motifs is 1. The highest BCUT2D eigenvalue weighted by molar-refractivity contribution is 5.47. The molecule has 1 aromatic heterocycles. The minimum atomic E-state index is 0.318. The largest absolute Gasteiger partial charge is 0.384 e. The molecule has 0 saturated heterocycles. The van der Waals surface area contributed by atoms with E-state index in [0.717, 1.165) is 12.2 Å². The molecule has 0 amide bonds. The van der Waals surface area contributed by atoms with Crippen molar-refractivity contribution in [3.8, 4) is 0 Å². The van der Waals surface area contributed by atoms with Crippen LogP contribution >= 0.6 is 0 Å². The number of hydrogen-bond donors (Lipinski definition) is 2. The van der Waals surface area contributed by atoms with Crippen LogP contribution in [0.2, 0.25) is 0 Å². The molecule has 98 valence electrons. The van der Waals surface area contributed by atoms with Gasteiger partial charge in [-0.25, -0.2) is 9.97 Å². The van der Waals surface area contributed by atoms with Crippen LogP contribution in [0.15, 0.2) is 30.3 Å². The number of hydrogen-bond acceptors (Lipinski definition) is 4. The van der Waals surface area contributed by atoms with Crippen molar-refractivity contribution < 1.29 is 0 Å². The molecule has 0 saturated carbocycles. The van der Waals surface area contributed by atoms with Crippen molar-refractivity contribution in [2.75, 3.05) is 11.1 Å². The van der Waals surface area contributed by atoms with Crippen LogP contribution in [0.1, 0.15) is 35.8 Å².